The predicted octanol–water partition coefficient (Wildman–Crippen LogP) is 1.79. The molecule has 0 aliphatic rings. The van der Waals surface area contributed by atoms with Crippen LogP contribution in [0.5, 0.6) is 0 Å². The summed E-state index contributed by atoms with van der Waals surface area (Å²) in [4.78, 5) is 6.95. The second kappa shape index (κ2) is 6.83. The maximum Gasteiger partial charge on any atom is 0.0446 e. The first-order valence-corrected chi connectivity index (χ1v) is 7.29. The first kappa shape index (κ1) is 14.4. The zero-order valence-electron chi connectivity index (χ0n) is 11.3. The fourth-order valence-electron chi connectivity index (χ4n) is 1.85. The Morgan fingerprint density at radius 2 is 1.80 bits per heavy atom. The second-order valence-electron chi connectivity index (χ2n) is 4.53. The van der Waals surface area contributed by atoms with Crippen LogP contribution in [0.4, 0.5) is 0 Å². The summed E-state index contributed by atoms with van der Waals surface area (Å²) in [5, 5.41) is 0. The summed E-state index contributed by atoms with van der Waals surface area (Å²) in [6.07, 6.45) is 3.38. The van der Waals surface area contributed by atoms with Crippen molar-refractivity contribution in [1.29, 1.82) is 0 Å². The molecule has 0 amide bonds. The number of hydrogen-bond donors (Lipinski definition) is 0. The Kier molecular flexibility index (Phi) is 6.57. The Balaban J connectivity index is 4.66. The highest BCUT2D eigenvalue weighted by Crippen LogP contribution is 2.07. The molecule has 0 radical (unpaired) electrons. The lowest BCUT2D eigenvalue weighted by Crippen LogP contribution is -2.30. The predicted molar refractivity (Wildman–Crippen MR) is 73.8 cm³/mol. The van der Waals surface area contributed by atoms with Crippen LogP contribution in [0.25, 0.3) is 0 Å². The van der Waals surface area contributed by atoms with Gasteiger partial charge in [0.1, 0.15) is 0 Å². The first-order valence-electron chi connectivity index (χ1n) is 5.87. The summed E-state index contributed by atoms with van der Waals surface area (Å²) in [5.41, 5.74) is 2.46. The van der Waals surface area contributed by atoms with Gasteiger partial charge in [-0.3, -0.25) is 4.99 Å². The number of allylic oxidation sites excluding steroid dienone is 2. The third-order valence-corrected chi connectivity index (χ3v) is 2.98. The highest BCUT2D eigenvalue weighted by molar-refractivity contribution is 6.08. The van der Waals surface area contributed by atoms with Gasteiger partial charge in [-0.1, -0.05) is 0 Å². The topological polar surface area (TPSA) is 15.6 Å². The molecule has 15 heavy (non-hydrogen) atoms. The van der Waals surface area contributed by atoms with E-state index in [0.29, 0.717) is 12.1 Å². The molecule has 0 spiro atoms. The monoisotopic (exact) mass is 226 g/mol. The second-order valence-corrected chi connectivity index (χ2v) is 5.16. The van der Waals surface area contributed by atoms with Crippen molar-refractivity contribution in [3.05, 3.63) is 11.8 Å². The minimum Gasteiger partial charge on any atom is -0.377 e. The first-order chi connectivity index (χ1) is 6.88. The van der Waals surface area contributed by atoms with Crippen LogP contribution >= 0.6 is 0 Å². The molecule has 0 fully saturated rings. The number of nitrogens with zero attached hydrogens (tertiary/aromatic N) is 2. The lowest BCUT2D eigenvalue weighted by Gasteiger charge is -2.28. The largest absolute Gasteiger partial charge is 0.377 e. The number of hydrogen-bond acceptors (Lipinski definition) is 2. The van der Waals surface area contributed by atoms with Crippen molar-refractivity contribution in [2.24, 2.45) is 4.99 Å². The molecule has 0 saturated heterocycles. The molecule has 0 aromatic carbocycles. The molecule has 88 valence electrons. The van der Waals surface area contributed by atoms with Crippen molar-refractivity contribution < 1.29 is 0 Å². The summed E-state index contributed by atoms with van der Waals surface area (Å²) in [5.74, 6) is 0. The number of aliphatic imine (C=N–C) groups is 1. The summed E-state index contributed by atoms with van der Waals surface area (Å²) in [7, 11) is 1.21. The zero-order valence-corrected chi connectivity index (χ0v) is 13.3. The molecule has 2 nitrogen and oxygen atoms in total. The van der Waals surface area contributed by atoms with Crippen molar-refractivity contribution in [3.63, 3.8) is 0 Å². The molecule has 0 aliphatic heterocycles. The van der Waals surface area contributed by atoms with Crippen LogP contribution in [0.1, 0.15) is 41.5 Å². The summed E-state index contributed by atoms with van der Waals surface area (Å²) < 4.78 is 0. The Hall–Kier alpha value is -0.573. The maximum absolute atomic E-state index is 4.52. The van der Waals surface area contributed by atoms with Crippen LogP contribution in [0, 0.1) is 0 Å². The Morgan fingerprint density at radius 3 is 2.13 bits per heavy atom. The average molecular weight is 226 g/mol. The standard InChI is InChI=1S/C12H26N2Si/c1-9(2)13-11(5)7-12(6)14(8-15)10(3)4/h7,9-10H,8H2,1-6,15H3/b12-7-,13-11?. The SMILES string of the molecule is CC(/C=C(/C)N(C[SiH3])C(C)C)=NC(C)C. The molecular weight excluding hydrogens is 200 g/mol. The molecule has 0 atom stereocenters. The van der Waals surface area contributed by atoms with E-state index >= 15 is 0 Å². The van der Waals surface area contributed by atoms with Crippen molar-refractivity contribution >= 4 is 16.0 Å². The van der Waals surface area contributed by atoms with Gasteiger partial charge in [-0.25, -0.2) is 0 Å². The van der Waals surface area contributed by atoms with Gasteiger partial charge in [0.2, 0.25) is 0 Å². The van der Waals surface area contributed by atoms with Crippen molar-refractivity contribution in [1.82, 2.24) is 4.90 Å². The van der Waals surface area contributed by atoms with Crippen LogP contribution in [0.3, 0.4) is 0 Å². The number of rotatable bonds is 5. The van der Waals surface area contributed by atoms with Crippen LogP contribution in [0.2, 0.25) is 0 Å². The van der Waals surface area contributed by atoms with Crippen LogP contribution < -0.4 is 0 Å². The highest BCUT2D eigenvalue weighted by atomic mass is 28.1. The lowest BCUT2D eigenvalue weighted by atomic mass is 10.2. The zero-order chi connectivity index (χ0) is 12.0. The third-order valence-electron chi connectivity index (χ3n) is 2.30. The molecule has 0 unspecified atom stereocenters. The average Bonchev–Trinajstić information content (AvgIpc) is 2.01. The van der Waals surface area contributed by atoms with Gasteiger partial charge in [-0.2, -0.15) is 0 Å². The van der Waals surface area contributed by atoms with Gasteiger partial charge in [0.05, 0.1) is 0 Å². The van der Waals surface area contributed by atoms with Gasteiger partial charge in [-0.15, -0.1) is 0 Å². The van der Waals surface area contributed by atoms with E-state index in [9.17, 15) is 0 Å². The smallest absolute Gasteiger partial charge is 0.0446 e. The van der Waals surface area contributed by atoms with Gasteiger partial charge >= 0.3 is 0 Å². The Bertz CT molecular complexity index is 242. The summed E-state index contributed by atoms with van der Waals surface area (Å²) in [6, 6.07) is 0.975. The van der Waals surface area contributed by atoms with Gasteiger partial charge in [0.15, 0.2) is 0 Å². The van der Waals surface area contributed by atoms with E-state index in [1.54, 1.807) is 0 Å². The van der Waals surface area contributed by atoms with E-state index in [-0.39, 0.29) is 0 Å². The van der Waals surface area contributed by atoms with E-state index in [4.69, 9.17) is 0 Å². The molecule has 0 saturated carbocycles. The van der Waals surface area contributed by atoms with E-state index in [0.717, 1.165) is 5.71 Å². The van der Waals surface area contributed by atoms with Crippen molar-refractivity contribution in [2.45, 2.75) is 53.6 Å². The quantitative estimate of drug-likeness (QED) is 0.515. The van der Waals surface area contributed by atoms with Crippen LogP contribution in [-0.4, -0.2) is 39.1 Å². The maximum atomic E-state index is 4.52. The molecule has 0 bridgehead atoms. The normalized spacial score (nSPS) is 14.1. The lowest BCUT2D eigenvalue weighted by molar-refractivity contribution is 0.329. The van der Waals surface area contributed by atoms with E-state index < -0.39 is 0 Å². The molecule has 0 aromatic heterocycles. The highest BCUT2D eigenvalue weighted by Gasteiger charge is 2.06. The van der Waals surface area contributed by atoms with Gasteiger partial charge in [0.25, 0.3) is 0 Å². The minimum atomic E-state index is 0.387. The van der Waals surface area contributed by atoms with Crippen LogP contribution in [-0.2, 0) is 0 Å². The Labute approximate surface area is 97.9 Å². The molecule has 0 N–H and O–H groups in total. The van der Waals surface area contributed by atoms with Crippen molar-refractivity contribution in [3.8, 4) is 0 Å². The molecule has 3 heteroatoms. The third kappa shape index (κ3) is 5.77. The van der Waals surface area contributed by atoms with E-state index in [1.165, 1.54) is 22.1 Å². The van der Waals surface area contributed by atoms with Gasteiger partial charge in [0, 0.05) is 39.9 Å². The van der Waals surface area contributed by atoms with Gasteiger partial charge in [-0.05, 0) is 47.6 Å². The molecule has 0 aliphatic carbocycles. The Morgan fingerprint density at radius 1 is 1.27 bits per heavy atom. The van der Waals surface area contributed by atoms with Gasteiger partial charge < -0.3 is 4.90 Å². The molecule has 0 heterocycles. The fraction of sp³-hybridized carbons (Fsp3) is 0.750. The summed E-state index contributed by atoms with van der Waals surface area (Å²) in [6.45, 7) is 13.0. The summed E-state index contributed by atoms with van der Waals surface area (Å²) >= 11 is 0. The van der Waals surface area contributed by atoms with E-state index in [1.807, 2.05) is 0 Å². The molecule has 0 rings (SSSR count). The van der Waals surface area contributed by atoms with Crippen LogP contribution in [0.15, 0.2) is 16.8 Å². The molecular formula is C12H26N2Si. The van der Waals surface area contributed by atoms with Crippen molar-refractivity contribution in [2.75, 3.05) is 6.17 Å². The van der Waals surface area contributed by atoms with E-state index in [2.05, 4.69) is 57.5 Å². The minimum absolute atomic E-state index is 0.387. The molecule has 0 aromatic rings. The fourth-order valence-corrected chi connectivity index (χ4v) is 3.08.